The molecular weight excluding hydrogens is 482 g/mol. The van der Waals surface area contributed by atoms with Crippen molar-refractivity contribution in [3.8, 4) is 0 Å². The van der Waals surface area contributed by atoms with Crippen molar-refractivity contribution in [1.29, 1.82) is 0 Å². The minimum Gasteiger partial charge on any atom is -0.354 e. The van der Waals surface area contributed by atoms with E-state index < -0.39 is 0 Å². The zero-order chi connectivity index (χ0) is 19.8. The molecule has 0 unspecified atom stereocenters. The molecule has 1 aliphatic rings. The second kappa shape index (κ2) is 11.9. The number of likely N-dealkylation sites (N-methyl/N-ethyl adjacent to an activating group) is 1. The SMILES string of the molecule is CCN1CCN(c2ccc(CNC(=NC)NCc3ccc(F)cc3)cn2)CC1.I. The molecule has 3 rings (SSSR count). The minimum absolute atomic E-state index is 0. The summed E-state index contributed by atoms with van der Waals surface area (Å²) in [4.78, 5) is 13.7. The Balaban J connectivity index is 0.00000300. The lowest BCUT2D eigenvalue weighted by Crippen LogP contribution is -2.46. The zero-order valence-electron chi connectivity index (χ0n) is 17.1. The Morgan fingerprint density at radius 2 is 1.62 bits per heavy atom. The third-order valence-electron chi connectivity index (χ3n) is 5.01. The normalized spacial score (nSPS) is 15.0. The fraction of sp³-hybridized carbons (Fsp3) is 0.429. The first-order valence-corrected chi connectivity index (χ1v) is 9.79. The van der Waals surface area contributed by atoms with Gasteiger partial charge in [-0.25, -0.2) is 9.37 Å². The van der Waals surface area contributed by atoms with E-state index in [-0.39, 0.29) is 29.8 Å². The molecule has 0 bridgehead atoms. The second-order valence-corrected chi connectivity index (χ2v) is 6.85. The van der Waals surface area contributed by atoms with Crippen LogP contribution in [0.2, 0.25) is 0 Å². The summed E-state index contributed by atoms with van der Waals surface area (Å²) in [6.45, 7) is 8.78. The van der Waals surface area contributed by atoms with Crippen LogP contribution in [0.3, 0.4) is 0 Å². The Morgan fingerprint density at radius 3 is 2.17 bits per heavy atom. The standard InChI is InChI=1S/C21H29FN6.HI/c1-3-27-10-12-28(13-11-27)20-9-6-18(15-24-20)16-26-21(23-2)25-14-17-4-7-19(22)8-5-17;/h4-9,15H,3,10-14,16H2,1-2H3,(H2,23,25,26);1H. The van der Waals surface area contributed by atoms with E-state index in [1.54, 1.807) is 19.2 Å². The number of hydrogen-bond acceptors (Lipinski definition) is 4. The van der Waals surface area contributed by atoms with E-state index >= 15 is 0 Å². The average molecular weight is 512 g/mol. The van der Waals surface area contributed by atoms with Crippen molar-refractivity contribution in [2.45, 2.75) is 20.0 Å². The first-order valence-electron chi connectivity index (χ1n) is 9.79. The Kier molecular flexibility index (Phi) is 9.59. The lowest BCUT2D eigenvalue weighted by atomic mass is 10.2. The summed E-state index contributed by atoms with van der Waals surface area (Å²) >= 11 is 0. The summed E-state index contributed by atoms with van der Waals surface area (Å²) in [6, 6.07) is 10.6. The van der Waals surface area contributed by atoms with Gasteiger partial charge in [0.1, 0.15) is 11.6 Å². The number of benzene rings is 1. The van der Waals surface area contributed by atoms with Gasteiger partial charge >= 0.3 is 0 Å². The molecule has 0 radical (unpaired) electrons. The van der Waals surface area contributed by atoms with Gasteiger partial charge in [0.05, 0.1) is 0 Å². The lowest BCUT2D eigenvalue weighted by Gasteiger charge is -2.34. The topological polar surface area (TPSA) is 55.8 Å². The summed E-state index contributed by atoms with van der Waals surface area (Å²) < 4.78 is 13.0. The molecule has 2 N–H and O–H groups in total. The van der Waals surface area contributed by atoms with Gasteiger partial charge < -0.3 is 20.4 Å². The van der Waals surface area contributed by atoms with Crippen molar-refractivity contribution in [3.05, 3.63) is 59.5 Å². The highest BCUT2D eigenvalue weighted by atomic mass is 127. The Morgan fingerprint density at radius 1 is 1.00 bits per heavy atom. The summed E-state index contributed by atoms with van der Waals surface area (Å²) in [6.07, 6.45) is 1.92. The smallest absolute Gasteiger partial charge is 0.191 e. The maximum Gasteiger partial charge on any atom is 0.191 e. The van der Waals surface area contributed by atoms with E-state index in [9.17, 15) is 4.39 Å². The van der Waals surface area contributed by atoms with Crippen molar-refractivity contribution in [3.63, 3.8) is 0 Å². The van der Waals surface area contributed by atoms with Crippen LogP contribution >= 0.6 is 24.0 Å². The molecule has 2 aromatic rings. The molecule has 1 fully saturated rings. The molecule has 1 aromatic heterocycles. The Labute approximate surface area is 189 Å². The van der Waals surface area contributed by atoms with E-state index in [4.69, 9.17) is 0 Å². The number of aliphatic imine (C=N–C) groups is 1. The Hall–Kier alpha value is -1.94. The number of halogens is 2. The largest absolute Gasteiger partial charge is 0.354 e. The van der Waals surface area contributed by atoms with Gasteiger partial charge in [0.15, 0.2) is 5.96 Å². The zero-order valence-corrected chi connectivity index (χ0v) is 19.4. The highest BCUT2D eigenvalue weighted by Gasteiger charge is 2.16. The van der Waals surface area contributed by atoms with Crippen molar-refractivity contribution < 1.29 is 4.39 Å². The van der Waals surface area contributed by atoms with Crippen LogP contribution < -0.4 is 15.5 Å². The van der Waals surface area contributed by atoms with Gasteiger partial charge in [-0.1, -0.05) is 25.1 Å². The Bertz CT molecular complexity index is 758. The molecule has 29 heavy (non-hydrogen) atoms. The highest BCUT2D eigenvalue weighted by molar-refractivity contribution is 14.0. The van der Waals surface area contributed by atoms with Crippen LogP contribution in [0.15, 0.2) is 47.6 Å². The van der Waals surface area contributed by atoms with Crippen LogP contribution in [-0.2, 0) is 13.1 Å². The van der Waals surface area contributed by atoms with E-state index in [1.165, 1.54) is 12.1 Å². The first-order chi connectivity index (χ1) is 13.7. The van der Waals surface area contributed by atoms with Crippen molar-refractivity contribution in [2.75, 3.05) is 44.7 Å². The molecule has 0 spiro atoms. The number of anilines is 1. The third kappa shape index (κ3) is 7.11. The molecule has 158 valence electrons. The number of hydrogen-bond donors (Lipinski definition) is 2. The molecule has 0 amide bonds. The van der Waals surface area contributed by atoms with E-state index in [0.717, 1.165) is 49.7 Å². The molecule has 2 heterocycles. The van der Waals surface area contributed by atoms with Gasteiger partial charge in [0, 0.05) is 52.5 Å². The maximum absolute atomic E-state index is 13.0. The predicted octanol–water partition coefficient (Wildman–Crippen LogP) is 2.85. The molecule has 1 aliphatic heterocycles. The molecule has 6 nitrogen and oxygen atoms in total. The number of aromatic nitrogens is 1. The minimum atomic E-state index is -0.227. The first kappa shape index (κ1) is 23.3. The van der Waals surface area contributed by atoms with Crippen molar-refractivity contribution >= 4 is 35.8 Å². The molecule has 0 saturated carbocycles. The summed E-state index contributed by atoms with van der Waals surface area (Å²) in [5, 5.41) is 6.52. The monoisotopic (exact) mass is 512 g/mol. The van der Waals surface area contributed by atoms with Crippen LogP contribution in [0.1, 0.15) is 18.1 Å². The number of guanidine groups is 1. The summed E-state index contributed by atoms with van der Waals surface area (Å²) in [5.74, 6) is 1.51. The van der Waals surface area contributed by atoms with Crippen LogP contribution in [-0.4, -0.2) is 55.6 Å². The van der Waals surface area contributed by atoms with E-state index in [1.807, 2.05) is 6.20 Å². The number of piperazine rings is 1. The van der Waals surface area contributed by atoms with Crippen LogP contribution in [0.4, 0.5) is 10.2 Å². The third-order valence-corrected chi connectivity index (χ3v) is 5.01. The van der Waals surface area contributed by atoms with Gasteiger partial charge in [-0.15, -0.1) is 24.0 Å². The van der Waals surface area contributed by atoms with Gasteiger partial charge in [0.2, 0.25) is 0 Å². The number of nitrogens with one attached hydrogen (secondary N) is 2. The summed E-state index contributed by atoms with van der Waals surface area (Å²) in [7, 11) is 1.73. The van der Waals surface area contributed by atoms with E-state index in [2.05, 4.69) is 49.5 Å². The van der Waals surface area contributed by atoms with Gasteiger partial charge in [0.25, 0.3) is 0 Å². The number of rotatable bonds is 6. The average Bonchev–Trinajstić information content (AvgIpc) is 2.75. The van der Waals surface area contributed by atoms with Crippen LogP contribution in [0.25, 0.3) is 0 Å². The van der Waals surface area contributed by atoms with Gasteiger partial charge in [-0.05, 0) is 35.9 Å². The molecule has 0 aliphatic carbocycles. The van der Waals surface area contributed by atoms with Crippen molar-refractivity contribution in [2.24, 2.45) is 4.99 Å². The van der Waals surface area contributed by atoms with Gasteiger partial charge in [-0.3, -0.25) is 4.99 Å². The molecular formula is C21H30FIN6. The van der Waals surface area contributed by atoms with Gasteiger partial charge in [-0.2, -0.15) is 0 Å². The van der Waals surface area contributed by atoms with Crippen molar-refractivity contribution in [1.82, 2.24) is 20.5 Å². The quantitative estimate of drug-likeness (QED) is 0.354. The molecule has 8 heteroatoms. The van der Waals surface area contributed by atoms with Crippen LogP contribution in [0.5, 0.6) is 0 Å². The van der Waals surface area contributed by atoms with E-state index in [0.29, 0.717) is 19.0 Å². The predicted molar refractivity (Wildman–Crippen MR) is 127 cm³/mol. The fourth-order valence-electron chi connectivity index (χ4n) is 3.20. The van der Waals surface area contributed by atoms with Crippen LogP contribution in [0, 0.1) is 5.82 Å². The number of nitrogens with zero attached hydrogens (tertiary/aromatic N) is 4. The molecule has 1 saturated heterocycles. The maximum atomic E-state index is 13.0. The molecule has 0 atom stereocenters. The summed E-state index contributed by atoms with van der Waals surface area (Å²) in [5.41, 5.74) is 2.10. The molecule has 1 aromatic carbocycles. The lowest BCUT2D eigenvalue weighted by molar-refractivity contribution is 0.270. The fourth-order valence-corrected chi connectivity index (χ4v) is 3.20. The number of pyridine rings is 1. The highest BCUT2D eigenvalue weighted by Crippen LogP contribution is 2.14. The second-order valence-electron chi connectivity index (χ2n) is 6.85.